The highest BCUT2D eigenvalue weighted by molar-refractivity contribution is 9.10. The first-order valence-electron chi connectivity index (χ1n) is 6.16. The molecule has 1 aliphatic rings. The first kappa shape index (κ1) is 13.1. The zero-order valence-corrected chi connectivity index (χ0v) is 12.9. The standard InChI is InChI=1S/C12H14BrN5S/c1-14-7-8-2-3-9(13)6-11(8)19-12-15-16-17-18(12)10-4-5-10/h2-3,6,10,14H,4-5,7H2,1H3. The molecule has 0 bridgehead atoms. The highest BCUT2D eigenvalue weighted by Gasteiger charge is 2.28. The van der Waals surface area contributed by atoms with Gasteiger partial charge in [0.15, 0.2) is 0 Å². The number of tetrazole rings is 1. The van der Waals surface area contributed by atoms with Gasteiger partial charge in [0.05, 0.1) is 6.04 Å². The van der Waals surface area contributed by atoms with E-state index in [9.17, 15) is 0 Å². The number of nitrogens with zero attached hydrogens (tertiary/aromatic N) is 4. The van der Waals surface area contributed by atoms with Crippen molar-refractivity contribution in [1.29, 1.82) is 0 Å². The lowest BCUT2D eigenvalue weighted by molar-refractivity contribution is 0.565. The van der Waals surface area contributed by atoms with Crippen molar-refractivity contribution in [2.75, 3.05) is 7.05 Å². The molecule has 5 nitrogen and oxygen atoms in total. The summed E-state index contributed by atoms with van der Waals surface area (Å²) in [6.07, 6.45) is 2.36. The molecule has 1 aromatic carbocycles. The minimum Gasteiger partial charge on any atom is -0.316 e. The van der Waals surface area contributed by atoms with Crippen molar-refractivity contribution in [2.45, 2.75) is 35.5 Å². The molecule has 1 saturated carbocycles. The van der Waals surface area contributed by atoms with Crippen molar-refractivity contribution in [3.8, 4) is 0 Å². The van der Waals surface area contributed by atoms with Crippen LogP contribution in [0, 0.1) is 0 Å². The van der Waals surface area contributed by atoms with Crippen molar-refractivity contribution < 1.29 is 0 Å². The Morgan fingerprint density at radius 3 is 3.05 bits per heavy atom. The molecule has 1 aromatic heterocycles. The van der Waals surface area contributed by atoms with Crippen LogP contribution >= 0.6 is 27.7 Å². The quantitative estimate of drug-likeness (QED) is 0.907. The molecule has 0 amide bonds. The third-order valence-electron chi connectivity index (χ3n) is 2.95. The van der Waals surface area contributed by atoms with E-state index in [4.69, 9.17) is 0 Å². The van der Waals surface area contributed by atoms with Gasteiger partial charge >= 0.3 is 0 Å². The number of nitrogens with one attached hydrogen (secondary N) is 1. The summed E-state index contributed by atoms with van der Waals surface area (Å²) in [5.41, 5.74) is 1.25. The highest BCUT2D eigenvalue weighted by Crippen LogP contribution is 2.39. The summed E-state index contributed by atoms with van der Waals surface area (Å²) < 4.78 is 3.01. The third kappa shape index (κ3) is 2.98. The Hall–Kier alpha value is -0.920. The number of hydrogen-bond acceptors (Lipinski definition) is 5. The van der Waals surface area contributed by atoms with Crippen LogP contribution in [0.2, 0.25) is 0 Å². The van der Waals surface area contributed by atoms with Crippen LogP contribution in [0.3, 0.4) is 0 Å². The number of halogens is 1. The van der Waals surface area contributed by atoms with Gasteiger partial charge in [0.2, 0.25) is 5.16 Å². The van der Waals surface area contributed by atoms with Gasteiger partial charge < -0.3 is 5.32 Å². The zero-order valence-electron chi connectivity index (χ0n) is 10.5. The summed E-state index contributed by atoms with van der Waals surface area (Å²) in [5.74, 6) is 0. The molecule has 3 rings (SSSR count). The van der Waals surface area contributed by atoms with Crippen LogP contribution in [0.25, 0.3) is 0 Å². The molecule has 19 heavy (non-hydrogen) atoms. The lowest BCUT2D eigenvalue weighted by Crippen LogP contribution is -2.06. The maximum absolute atomic E-state index is 4.13. The Morgan fingerprint density at radius 2 is 2.32 bits per heavy atom. The molecule has 1 N–H and O–H groups in total. The molecule has 1 fully saturated rings. The normalized spacial score (nSPS) is 14.8. The highest BCUT2D eigenvalue weighted by atomic mass is 79.9. The molecular formula is C12H14BrN5S. The van der Waals surface area contributed by atoms with Crippen molar-refractivity contribution in [2.24, 2.45) is 0 Å². The van der Waals surface area contributed by atoms with Crippen LogP contribution in [-0.2, 0) is 6.54 Å². The average molecular weight is 340 g/mol. The maximum Gasteiger partial charge on any atom is 0.214 e. The van der Waals surface area contributed by atoms with Crippen molar-refractivity contribution in [3.63, 3.8) is 0 Å². The predicted octanol–water partition coefficient (Wildman–Crippen LogP) is 2.64. The lowest BCUT2D eigenvalue weighted by atomic mass is 10.2. The van der Waals surface area contributed by atoms with Gasteiger partial charge in [0.25, 0.3) is 0 Å². The van der Waals surface area contributed by atoms with Crippen LogP contribution in [0.15, 0.2) is 32.7 Å². The fraction of sp³-hybridized carbons (Fsp3) is 0.417. The van der Waals surface area contributed by atoms with Gasteiger partial charge in [-0.1, -0.05) is 22.0 Å². The van der Waals surface area contributed by atoms with Crippen LogP contribution in [-0.4, -0.2) is 27.3 Å². The predicted molar refractivity (Wildman–Crippen MR) is 77.1 cm³/mol. The Morgan fingerprint density at radius 1 is 1.47 bits per heavy atom. The summed E-state index contributed by atoms with van der Waals surface area (Å²) in [7, 11) is 1.95. The van der Waals surface area contributed by atoms with Crippen molar-refractivity contribution >= 4 is 27.7 Å². The molecule has 0 spiro atoms. The topological polar surface area (TPSA) is 55.6 Å². The lowest BCUT2D eigenvalue weighted by Gasteiger charge is -2.09. The van der Waals surface area contributed by atoms with Gasteiger partial charge in [0, 0.05) is 15.9 Å². The second-order valence-electron chi connectivity index (χ2n) is 4.52. The summed E-state index contributed by atoms with van der Waals surface area (Å²) in [5, 5.41) is 16.1. The Labute approximate surface area is 124 Å². The van der Waals surface area contributed by atoms with Crippen LogP contribution in [0.1, 0.15) is 24.4 Å². The fourth-order valence-electron chi connectivity index (χ4n) is 1.86. The monoisotopic (exact) mass is 339 g/mol. The Bertz CT molecular complexity index is 581. The SMILES string of the molecule is CNCc1ccc(Br)cc1Sc1nnnn1C1CC1. The van der Waals surface area contributed by atoms with E-state index in [2.05, 4.69) is 55.0 Å². The smallest absolute Gasteiger partial charge is 0.214 e. The first-order valence-corrected chi connectivity index (χ1v) is 7.77. The van der Waals surface area contributed by atoms with Crippen molar-refractivity contribution in [1.82, 2.24) is 25.5 Å². The summed E-state index contributed by atoms with van der Waals surface area (Å²) >= 11 is 5.15. The largest absolute Gasteiger partial charge is 0.316 e. The Balaban J connectivity index is 1.88. The molecule has 0 unspecified atom stereocenters. The van der Waals surface area contributed by atoms with Gasteiger partial charge in [-0.25, -0.2) is 4.68 Å². The molecule has 1 heterocycles. The second-order valence-corrected chi connectivity index (χ2v) is 6.45. The van der Waals surface area contributed by atoms with Crippen LogP contribution in [0.4, 0.5) is 0 Å². The minimum atomic E-state index is 0.498. The van der Waals surface area contributed by atoms with E-state index in [1.54, 1.807) is 11.8 Å². The third-order valence-corrected chi connectivity index (χ3v) is 4.50. The molecule has 0 radical (unpaired) electrons. The molecule has 0 atom stereocenters. The zero-order chi connectivity index (χ0) is 13.2. The molecule has 7 heteroatoms. The van der Waals surface area contributed by atoms with Gasteiger partial charge in [-0.2, -0.15) is 0 Å². The Kier molecular flexibility index (Phi) is 3.86. The van der Waals surface area contributed by atoms with Gasteiger partial charge in [-0.05, 0) is 59.8 Å². The fourth-order valence-corrected chi connectivity index (χ4v) is 3.38. The van der Waals surface area contributed by atoms with Gasteiger partial charge in [-0.15, -0.1) is 5.10 Å². The molecule has 2 aromatic rings. The number of aromatic nitrogens is 4. The summed E-state index contributed by atoms with van der Waals surface area (Å²) in [6.45, 7) is 0.834. The molecule has 0 saturated heterocycles. The van der Waals surface area contributed by atoms with E-state index >= 15 is 0 Å². The van der Waals surface area contributed by atoms with Gasteiger partial charge in [-0.3, -0.25) is 0 Å². The van der Waals surface area contributed by atoms with E-state index in [1.165, 1.54) is 23.3 Å². The van der Waals surface area contributed by atoms with Crippen LogP contribution < -0.4 is 5.32 Å². The first-order chi connectivity index (χ1) is 9.28. The number of benzene rings is 1. The van der Waals surface area contributed by atoms with E-state index in [0.717, 1.165) is 16.2 Å². The number of hydrogen-bond donors (Lipinski definition) is 1. The molecule has 100 valence electrons. The number of rotatable bonds is 5. The minimum absolute atomic E-state index is 0.498. The van der Waals surface area contributed by atoms with E-state index < -0.39 is 0 Å². The van der Waals surface area contributed by atoms with Crippen molar-refractivity contribution in [3.05, 3.63) is 28.2 Å². The van der Waals surface area contributed by atoms with Crippen LogP contribution in [0.5, 0.6) is 0 Å². The van der Waals surface area contributed by atoms with E-state index in [-0.39, 0.29) is 0 Å². The molecule has 0 aliphatic heterocycles. The second kappa shape index (κ2) is 5.60. The van der Waals surface area contributed by atoms with E-state index in [0.29, 0.717) is 6.04 Å². The van der Waals surface area contributed by atoms with E-state index in [1.807, 2.05) is 11.7 Å². The summed E-state index contributed by atoms with van der Waals surface area (Å²) in [6, 6.07) is 6.79. The molecule has 1 aliphatic carbocycles. The van der Waals surface area contributed by atoms with Gasteiger partial charge in [0.1, 0.15) is 0 Å². The molecular weight excluding hydrogens is 326 g/mol. The summed E-state index contributed by atoms with van der Waals surface area (Å²) in [4.78, 5) is 1.18. The maximum atomic E-state index is 4.13. The average Bonchev–Trinajstić information content (AvgIpc) is 3.14.